The number of allylic oxidation sites excluding steroid dienone is 3. The van der Waals surface area contributed by atoms with E-state index in [9.17, 15) is 13.6 Å². The first kappa shape index (κ1) is 16.1. The van der Waals surface area contributed by atoms with E-state index in [1.807, 2.05) is 24.4 Å². The van der Waals surface area contributed by atoms with Crippen molar-refractivity contribution < 1.29 is 13.6 Å². The summed E-state index contributed by atoms with van der Waals surface area (Å²) in [5.41, 5.74) is 6.40. The monoisotopic (exact) mass is 363 g/mol. The Balaban J connectivity index is 1.90. The lowest BCUT2D eigenvalue weighted by Crippen LogP contribution is -2.47. The zero-order valence-electron chi connectivity index (χ0n) is 13.2. The van der Waals surface area contributed by atoms with E-state index in [0.717, 1.165) is 17.7 Å². The van der Waals surface area contributed by atoms with Gasteiger partial charge in [-0.1, -0.05) is 23.8 Å². The number of nitrogens with one attached hydrogen (secondary N) is 1. The molecule has 0 radical (unpaired) electrons. The fourth-order valence-corrected chi connectivity index (χ4v) is 4.41. The summed E-state index contributed by atoms with van der Waals surface area (Å²) in [5, 5.41) is 3.12. The van der Waals surface area contributed by atoms with Crippen molar-refractivity contribution in [3.8, 4) is 0 Å². The average molecular weight is 364 g/mol. The van der Waals surface area contributed by atoms with Crippen molar-refractivity contribution in [2.75, 3.05) is 18.0 Å². The first-order valence-electron chi connectivity index (χ1n) is 7.98. The molecule has 1 saturated heterocycles. The van der Waals surface area contributed by atoms with Crippen LogP contribution in [0, 0.1) is 23.0 Å². The van der Waals surface area contributed by atoms with Crippen LogP contribution in [0.3, 0.4) is 0 Å². The molecule has 1 aromatic carbocycles. The highest BCUT2D eigenvalue weighted by Gasteiger charge is 2.56. The molecule has 1 fully saturated rings. The van der Waals surface area contributed by atoms with Crippen LogP contribution in [-0.2, 0) is 4.79 Å². The molecule has 1 aliphatic carbocycles. The second-order valence-corrected chi connectivity index (χ2v) is 6.89. The molecule has 0 bridgehead atoms. The summed E-state index contributed by atoms with van der Waals surface area (Å²) < 4.78 is 29.0. The molecule has 3 aliphatic rings. The molecule has 2 heterocycles. The highest BCUT2D eigenvalue weighted by Crippen LogP contribution is 2.54. The zero-order valence-corrected chi connectivity index (χ0v) is 14.0. The minimum Gasteiger partial charge on any atom is -0.390 e. The molecule has 1 aromatic rings. The molecule has 3 N–H and O–H groups in total. The molecule has 2 aliphatic heterocycles. The molecule has 25 heavy (non-hydrogen) atoms. The Morgan fingerprint density at radius 2 is 2.04 bits per heavy atom. The highest BCUT2D eigenvalue weighted by molar-refractivity contribution is 6.30. The lowest BCUT2D eigenvalue weighted by atomic mass is 9.66. The summed E-state index contributed by atoms with van der Waals surface area (Å²) >= 11 is 5.74. The summed E-state index contributed by atoms with van der Waals surface area (Å²) in [7, 11) is 0. The van der Waals surface area contributed by atoms with E-state index in [2.05, 4.69) is 5.32 Å². The fourth-order valence-electron chi connectivity index (χ4n) is 4.22. The van der Waals surface area contributed by atoms with Gasteiger partial charge in [0.15, 0.2) is 11.6 Å². The van der Waals surface area contributed by atoms with Gasteiger partial charge in [0.1, 0.15) is 5.69 Å². The number of benzene rings is 1. The van der Waals surface area contributed by atoms with Gasteiger partial charge >= 0.3 is 0 Å². The predicted octanol–water partition coefficient (Wildman–Crippen LogP) is 2.86. The molecule has 130 valence electrons. The Hall–Kier alpha value is -2.34. The second kappa shape index (κ2) is 5.59. The molecule has 4 rings (SSSR count). The fraction of sp³-hybridized carbons (Fsp3) is 0.278. The number of carbonyl (C=O) groups excluding carboxylic acids is 1. The number of nitrogens with two attached hydrogens (primary N) is 1. The third-order valence-electron chi connectivity index (χ3n) is 5.23. The van der Waals surface area contributed by atoms with E-state index in [1.54, 1.807) is 0 Å². The standard InChI is InChI=1S/C18H16ClF2N3O/c19-11-6-13(20)16(14(21)7-11)24-8-12(17(22)25)18-9-23-5-4-10(18)2-1-3-15(18)24/h2-7,12,23H,1,8-9H2,(H2,22,25)/t12-,18?/m0/s1. The third kappa shape index (κ3) is 2.20. The van der Waals surface area contributed by atoms with Crippen LogP contribution in [0.2, 0.25) is 5.02 Å². The maximum absolute atomic E-state index is 14.5. The smallest absolute Gasteiger partial charge is 0.223 e. The van der Waals surface area contributed by atoms with E-state index in [0.29, 0.717) is 18.7 Å². The number of rotatable bonds is 2. The van der Waals surface area contributed by atoms with Crippen molar-refractivity contribution in [1.29, 1.82) is 0 Å². The van der Waals surface area contributed by atoms with Gasteiger partial charge in [-0.2, -0.15) is 0 Å². The summed E-state index contributed by atoms with van der Waals surface area (Å²) in [6.45, 7) is 0.561. The van der Waals surface area contributed by atoms with Gasteiger partial charge in [-0.3, -0.25) is 4.79 Å². The Morgan fingerprint density at radius 3 is 2.72 bits per heavy atom. The summed E-state index contributed by atoms with van der Waals surface area (Å²) in [4.78, 5) is 13.7. The van der Waals surface area contributed by atoms with Crippen LogP contribution in [0.1, 0.15) is 6.42 Å². The van der Waals surface area contributed by atoms with Crippen LogP contribution >= 0.6 is 11.6 Å². The van der Waals surface area contributed by atoms with Crippen LogP contribution in [0.25, 0.3) is 0 Å². The number of hydrogen-bond acceptors (Lipinski definition) is 3. The number of primary amides is 1. The van der Waals surface area contributed by atoms with Gasteiger partial charge in [-0.05, 0) is 36.4 Å². The van der Waals surface area contributed by atoms with Gasteiger partial charge in [-0.15, -0.1) is 0 Å². The topological polar surface area (TPSA) is 58.4 Å². The lowest BCUT2D eigenvalue weighted by molar-refractivity contribution is -0.123. The van der Waals surface area contributed by atoms with Crippen LogP contribution in [0.15, 0.2) is 47.8 Å². The normalized spacial score (nSPS) is 27.2. The van der Waals surface area contributed by atoms with Crippen molar-refractivity contribution >= 4 is 23.2 Å². The van der Waals surface area contributed by atoms with E-state index in [-0.39, 0.29) is 17.3 Å². The largest absolute Gasteiger partial charge is 0.390 e. The molecule has 0 saturated carbocycles. The van der Waals surface area contributed by atoms with E-state index in [1.165, 1.54) is 4.90 Å². The molecule has 7 heteroatoms. The lowest BCUT2D eigenvalue weighted by Gasteiger charge is -2.41. The van der Waals surface area contributed by atoms with Crippen molar-refractivity contribution in [2.45, 2.75) is 6.42 Å². The van der Waals surface area contributed by atoms with Crippen LogP contribution in [0.5, 0.6) is 0 Å². The number of nitrogens with zero attached hydrogens (tertiary/aromatic N) is 1. The number of anilines is 1. The first-order chi connectivity index (χ1) is 11.9. The minimum absolute atomic E-state index is 0.0143. The maximum atomic E-state index is 14.5. The van der Waals surface area contributed by atoms with E-state index >= 15 is 0 Å². The zero-order chi connectivity index (χ0) is 17.8. The van der Waals surface area contributed by atoms with Gasteiger partial charge in [-0.25, -0.2) is 8.78 Å². The quantitative estimate of drug-likeness (QED) is 0.849. The molecule has 4 nitrogen and oxygen atoms in total. The Labute approximate surface area is 148 Å². The third-order valence-corrected chi connectivity index (χ3v) is 5.45. The van der Waals surface area contributed by atoms with Crippen LogP contribution in [0.4, 0.5) is 14.5 Å². The number of carbonyl (C=O) groups is 1. The summed E-state index contributed by atoms with van der Waals surface area (Å²) in [6, 6.07) is 2.15. The first-order valence-corrected chi connectivity index (χ1v) is 8.35. The Kier molecular flexibility index (Phi) is 3.61. The van der Waals surface area contributed by atoms with E-state index in [4.69, 9.17) is 17.3 Å². The van der Waals surface area contributed by atoms with E-state index < -0.39 is 28.9 Å². The molecule has 1 unspecified atom stereocenters. The Bertz CT molecular complexity index is 841. The van der Waals surface area contributed by atoms with Gasteiger partial charge < -0.3 is 16.0 Å². The van der Waals surface area contributed by atoms with Crippen LogP contribution in [-0.4, -0.2) is 19.0 Å². The van der Waals surface area contributed by atoms with Crippen molar-refractivity contribution in [2.24, 2.45) is 17.1 Å². The summed E-state index contributed by atoms with van der Waals surface area (Å²) in [6.07, 6.45) is 8.25. The van der Waals surface area contributed by atoms with Gasteiger partial charge in [0, 0.05) is 23.8 Å². The molecule has 0 aromatic heterocycles. The second-order valence-electron chi connectivity index (χ2n) is 6.45. The predicted molar refractivity (Wildman–Crippen MR) is 91.8 cm³/mol. The molecule has 1 spiro atoms. The van der Waals surface area contributed by atoms with Crippen molar-refractivity contribution in [3.05, 3.63) is 64.5 Å². The SMILES string of the molecule is NC(=O)[C@@H]1CN(c2c(F)cc(Cl)cc2F)C2=CCC=C3C=CNCC321. The molecule has 1 amide bonds. The highest BCUT2D eigenvalue weighted by atomic mass is 35.5. The Morgan fingerprint density at radius 1 is 1.32 bits per heavy atom. The average Bonchev–Trinajstić information content (AvgIpc) is 2.88. The molecular weight excluding hydrogens is 348 g/mol. The van der Waals surface area contributed by atoms with Crippen molar-refractivity contribution in [3.63, 3.8) is 0 Å². The maximum Gasteiger partial charge on any atom is 0.223 e. The number of hydrogen-bond donors (Lipinski definition) is 2. The number of amides is 1. The van der Waals surface area contributed by atoms with Crippen molar-refractivity contribution in [1.82, 2.24) is 5.32 Å². The summed E-state index contributed by atoms with van der Waals surface area (Å²) in [5.74, 6) is -2.62. The van der Waals surface area contributed by atoms with Gasteiger partial charge in [0.05, 0.1) is 11.3 Å². The van der Waals surface area contributed by atoms with Gasteiger partial charge in [0.25, 0.3) is 0 Å². The molecule has 2 atom stereocenters. The minimum atomic E-state index is -0.762. The molecular formula is C18H16ClF2N3O. The van der Waals surface area contributed by atoms with Crippen LogP contribution < -0.4 is 16.0 Å². The number of halogens is 3. The van der Waals surface area contributed by atoms with Gasteiger partial charge in [0.2, 0.25) is 5.91 Å².